The summed E-state index contributed by atoms with van der Waals surface area (Å²) in [5.74, 6) is 0.0396. The van der Waals surface area contributed by atoms with Crippen LogP contribution in [0.4, 0.5) is 5.82 Å². The Morgan fingerprint density at radius 3 is 2.87 bits per heavy atom. The summed E-state index contributed by atoms with van der Waals surface area (Å²) in [6, 6.07) is 3.14. The van der Waals surface area contributed by atoms with Crippen molar-refractivity contribution in [1.82, 2.24) is 10.3 Å². The maximum absolute atomic E-state index is 11.8. The molecule has 1 fully saturated rings. The molecule has 0 aliphatic heterocycles. The van der Waals surface area contributed by atoms with Crippen molar-refractivity contribution in [3.8, 4) is 0 Å². The van der Waals surface area contributed by atoms with Crippen LogP contribution in [-0.4, -0.2) is 16.4 Å². The molecule has 1 aliphatic rings. The minimum absolute atomic E-state index is 0.0767. The smallest absolute Gasteiger partial charge is 0.271 e. The second-order valence-corrected chi connectivity index (χ2v) is 4.49. The molecular formula is C10H12ClN3O. The molecule has 1 amide bonds. The quantitative estimate of drug-likeness (QED) is 0.804. The number of carbonyl (C=O) groups excluding carboxylic acids is 1. The molecule has 2 rings (SSSR count). The fourth-order valence-corrected chi connectivity index (χ4v) is 1.45. The monoisotopic (exact) mass is 225 g/mol. The van der Waals surface area contributed by atoms with E-state index < -0.39 is 0 Å². The van der Waals surface area contributed by atoms with E-state index in [1.165, 1.54) is 0 Å². The number of anilines is 1. The van der Waals surface area contributed by atoms with Crippen molar-refractivity contribution >= 4 is 23.3 Å². The molecule has 4 nitrogen and oxygen atoms in total. The lowest BCUT2D eigenvalue weighted by molar-refractivity contribution is 0.0930. The molecule has 0 bridgehead atoms. The lowest BCUT2D eigenvalue weighted by Crippen LogP contribution is -2.35. The Bertz CT molecular complexity index is 415. The van der Waals surface area contributed by atoms with Crippen molar-refractivity contribution < 1.29 is 4.79 Å². The first-order chi connectivity index (χ1) is 7.00. The number of halogens is 1. The van der Waals surface area contributed by atoms with Gasteiger partial charge in [-0.25, -0.2) is 4.98 Å². The highest BCUT2D eigenvalue weighted by molar-refractivity contribution is 6.33. The molecule has 0 spiro atoms. The largest absolute Gasteiger partial charge is 0.384 e. The number of hydrogen-bond donors (Lipinski definition) is 2. The third-order valence-electron chi connectivity index (χ3n) is 2.50. The number of nitrogens with one attached hydrogen (secondary N) is 1. The second kappa shape index (κ2) is 3.38. The van der Waals surface area contributed by atoms with Crippen LogP contribution >= 0.6 is 11.6 Å². The summed E-state index contributed by atoms with van der Waals surface area (Å²) >= 11 is 5.86. The van der Waals surface area contributed by atoms with Crippen molar-refractivity contribution in [2.24, 2.45) is 0 Å². The van der Waals surface area contributed by atoms with Crippen LogP contribution in [0.1, 0.15) is 30.3 Å². The molecule has 0 radical (unpaired) electrons. The van der Waals surface area contributed by atoms with Gasteiger partial charge in [0.25, 0.3) is 5.91 Å². The molecule has 0 atom stereocenters. The highest BCUT2D eigenvalue weighted by Crippen LogP contribution is 2.34. The molecule has 1 aliphatic carbocycles. The maximum Gasteiger partial charge on any atom is 0.271 e. The van der Waals surface area contributed by atoms with Crippen molar-refractivity contribution in [1.29, 1.82) is 0 Å². The summed E-state index contributed by atoms with van der Waals surface area (Å²) in [7, 11) is 0. The maximum atomic E-state index is 11.8. The normalized spacial score (nSPS) is 17.2. The number of pyridine rings is 1. The van der Waals surface area contributed by atoms with Gasteiger partial charge >= 0.3 is 0 Å². The Balaban J connectivity index is 2.21. The highest BCUT2D eigenvalue weighted by Gasteiger charge is 2.39. The SMILES string of the molecule is CC1(NC(=O)c2nc(N)ccc2Cl)CC1. The predicted octanol–water partition coefficient (Wildman–Crippen LogP) is 1.60. The lowest BCUT2D eigenvalue weighted by Gasteiger charge is -2.11. The topological polar surface area (TPSA) is 68.0 Å². The van der Waals surface area contributed by atoms with Gasteiger partial charge in [-0.3, -0.25) is 4.79 Å². The van der Waals surface area contributed by atoms with Crippen LogP contribution < -0.4 is 11.1 Å². The fraction of sp³-hybridized carbons (Fsp3) is 0.400. The highest BCUT2D eigenvalue weighted by atomic mass is 35.5. The van der Waals surface area contributed by atoms with Gasteiger partial charge in [0.05, 0.1) is 5.02 Å². The van der Waals surface area contributed by atoms with E-state index in [9.17, 15) is 4.79 Å². The van der Waals surface area contributed by atoms with Crippen molar-refractivity contribution in [3.63, 3.8) is 0 Å². The summed E-state index contributed by atoms with van der Waals surface area (Å²) in [6.45, 7) is 1.99. The lowest BCUT2D eigenvalue weighted by atomic mass is 10.2. The second-order valence-electron chi connectivity index (χ2n) is 4.08. The molecule has 15 heavy (non-hydrogen) atoms. The molecule has 3 N–H and O–H groups in total. The van der Waals surface area contributed by atoms with Crippen LogP contribution in [0.25, 0.3) is 0 Å². The van der Waals surface area contributed by atoms with Crippen molar-refractivity contribution in [2.75, 3.05) is 5.73 Å². The first-order valence-corrected chi connectivity index (χ1v) is 5.12. The molecular weight excluding hydrogens is 214 g/mol. The van der Waals surface area contributed by atoms with Crippen molar-refractivity contribution in [2.45, 2.75) is 25.3 Å². The van der Waals surface area contributed by atoms with Crippen LogP contribution in [0.15, 0.2) is 12.1 Å². The van der Waals surface area contributed by atoms with Crippen LogP contribution in [0.3, 0.4) is 0 Å². The summed E-state index contributed by atoms with van der Waals surface area (Å²) in [5, 5.41) is 3.20. The summed E-state index contributed by atoms with van der Waals surface area (Å²) in [5.41, 5.74) is 5.62. The van der Waals surface area contributed by atoms with Crippen LogP contribution in [-0.2, 0) is 0 Å². The molecule has 0 saturated heterocycles. The molecule has 1 aromatic rings. The third kappa shape index (κ3) is 2.21. The standard InChI is InChI=1S/C10H12ClN3O/c1-10(4-5-10)14-9(15)8-6(11)2-3-7(12)13-8/h2-3H,4-5H2,1H3,(H2,12,13)(H,14,15). The number of hydrogen-bond acceptors (Lipinski definition) is 3. The van der Waals surface area contributed by atoms with E-state index in [2.05, 4.69) is 10.3 Å². The van der Waals surface area contributed by atoms with Gasteiger partial charge in [-0.2, -0.15) is 0 Å². The van der Waals surface area contributed by atoms with E-state index in [4.69, 9.17) is 17.3 Å². The van der Waals surface area contributed by atoms with E-state index in [1.807, 2.05) is 6.92 Å². The minimum Gasteiger partial charge on any atom is -0.384 e. The number of nitrogens with zero attached hydrogens (tertiary/aromatic N) is 1. The molecule has 1 heterocycles. The Morgan fingerprint density at radius 2 is 2.27 bits per heavy atom. The van der Waals surface area contributed by atoms with Gasteiger partial charge in [0.1, 0.15) is 11.5 Å². The van der Waals surface area contributed by atoms with E-state index in [0.717, 1.165) is 12.8 Å². The Kier molecular flexibility index (Phi) is 2.31. The zero-order valence-corrected chi connectivity index (χ0v) is 9.14. The average Bonchev–Trinajstić information content (AvgIpc) is 2.87. The molecule has 5 heteroatoms. The van der Waals surface area contributed by atoms with E-state index in [-0.39, 0.29) is 17.1 Å². The predicted molar refractivity (Wildman–Crippen MR) is 58.8 cm³/mol. The summed E-state index contributed by atoms with van der Waals surface area (Å²) in [6.07, 6.45) is 2.00. The van der Waals surface area contributed by atoms with Crippen LogP contribution in [0.2, 0.25) is 5.02 Å². The van der Waals surface area contributed by atoms with Gasteiger partial charge in [-0.1, -0.05) is 11.6 Å². The molecule has 0 unspecified atom stereocenters. The van der Waals surface area contributed by atoms with E-state index in [1.54, 1.807) is 12.1 Å². The average molecular weight is 226 g/mol. The number of nitrogens with two attached hydrogens (primary N) is 1. The zero-order valence-electron chi connectivity index (χ0n) is 8.38. The van der Waals surface area contributed by atoms with Crippen LogP contribution in [0.5, 0.6) is 0 Å². The van der Waals surface area contributed by atoms with Crippen LogP contribution in [0, 0.1) is 0 Å². The van der Waals surface area contributed by atoms with E-state index >= 15 is 0 Å². The van der Waals surface area contributed by atoms with Gasteiger partial charge in [0.15, 0.2) is 0 Å². The number of nitrogen functional groups attached to an aromatic ring is 1. The zero-order chi connectivity index (χ0) is 11.1. The minimum atomic E-state index is -0.257. The Labute approximate surface area is 92.8 Å². The third-order valence-corrected chi connectivity index (χ3v) is 2.80. The van der Waals surface area contributed by atoms with Gasteiger partial charge in [-0.05, 0) is 31.9 Å². The first-order valence-electron chi connectivity index (χ1n) is 4.75. The number of amides is 1. The molecule has 1 saturated carbocycles. The Hall–Kier alpha value is -1.29. The van der Waals surface area contributed by atoms with E-state index in [0.29, 0.717) is 10.8 Å². The van der Waals surface area contributed by atoms with Gasteiger partial charge in [-0.15, -0.1) is 0 Å². The number of rotatable bonds is 2. The van der Waals surface area contributed by atoms with Gasteiger partial charge in [0, 0.05) is 5.54 Å². The summed E-state index contributed by atoms with van der Waals surface area (Å²) < 4.78 is 0. The first kappa shape index (κ1) is 10.2. The van der Waals surface area contributed by atoms with Crippen molar-refractivity contribution in [3.05, 3.63) is 22.8 Å². The summed E-state index contributed by atoms with van der Waals surface area (Å²) in [4.78, 5) is 15.7. The van der Waals surface area contributed by atoms with Gasteiger partial charge < -0.3 is 11.1 Å². The Morgan fingerprint density at radius 1 is 1.60 bits per heavy atom. The number of aromatic nitrogens is 1. The molecule has 1 aromatic heterocycles. The number of carbonyl (C=O) groups is 1. The fourth-order valence-electron chi connectivity index (χ4n) is 1.26. The van der Waals surface area contributed by atoms with Gasteiger partial charge in [0.2, 0.25) is 0 Å². The molecule has 80 valence electrons. The molecule has 0 aromatic carbocycles.